The molecule has 38 heavy (non-hydrogen) atoms. The van der Waals surface area contributed by atoms with Gasteiger partial charge in [-0.05, 0) is 57.2 Å². The van der Waals surface area contributed by atoms with E-state index in [1.807, 2.05) is 0 Å². The fourth-order valence-corrected chi connectivity index (χ4v) is 5.43. The number of benzene rings is 3. The molecular weight excluding hydrogens is 550 g/mol. The standard InChI is InChI=1S/C25H22ClF3NO7P/c1-24(2,3)23(31)35-15-36-38(34,18-7-5-4-6-8-18)22-14-17(10-11-20(22)30(32)33)37-21-12-9-16(13-19(21)26)25(27,28)29/h4-14H,15H2,1-3H3. The molecule has 3 aromatic rings. The number of carbonyl (C=O) groups is 1. The molecule has 1 unspecified atom stereocenters. The second-order valence-corrected chi connectivity index (χ2v) is 11.7. The van der Waals surface area contributed by atoms with Gasteiger partial charge in [0, 0.05) is 17.4 Å². The molecule has 0 aliphatic heterocycles. The van der Waals surface area contributed by atoms with Gasteiger partial charge in [-0.3, -0.25) is 24.0 Å². The number of nitro benzene ring substituents is 1. The Kier molecular flexibility index (Phi) is 8.55. The molecule has 0 saturated heterocycles. The molecule has 8 nitrogen and oxygen atoms in total. The van der Waals surface area contributed by atoms with E-state index in [4.69, 9.17) is 25.6 Å². The molecule has 0 bridgehead atoms. The molecule has 0 radical (unpaired) electrons. The maximum Gasteiger partial charge on any atom is 0.416 e. The molecule has 0 saturated carbocycles. The second kappa shape index (κ2) is 11.1. The Morgan fingerprint density at radius 3 is 2.24 bits per heavy atom. The highest BCUT2D eigenvalue weighted by Gasteiger charge is 2.37. The average molecular weight is 572 g/mol. The van der Waals surface area contributed by atoms with Crippen molar-refractivity contribution in [3.05, 3.63) is 87.4 Å². The lowest BCUT2D eigenvalue weighted by Gasteiger charge is -2.22. The van der Waals surface area contributed by atoms with E-state index >= 15 is 0 Å². The van der Waals surface area contributed by atoms with Gasteiger partial charge in [0.1, 0.15) is 16.8 Å². The topological polar surface area (TPSA) is 105 Å². The summed E-state index contributed by atoms with van der Waals surface area (Å²) in [4.78, 5) is 23.2. The zero-order chi connectivity index (χ0) is 28.3. The van der Waals surface area contributed by atoms with Crippen molar-refractivity contribution in [1.29, 1.82) is 0 Å². The highest BCUT2D eigenvalue weighted by atomic mass is 35.5. The number of esters is 1. The van der Waals surface area contributed by atoms with Crippen LogP contribution in [-0.2, 0) is 24.8 Å². The third-order valence-corrected chi connectivity index (χ3v) is 7.82. The number of rotatable bonds is 8. The van der Waals surface area contributed by atoms with Crippen molar-refractivity contribution < 1.29 is 41.5 Å². The van der Waals surface area contributed by atoms with Gasteiger partial charge in [-0.15, -0.1) is 0 Å². The van der Waals surface area contributed by atoms with Crippen LogP contribution >= 0.6 is 19.0 Å². The lowest BCUT2D eigenvalue weighted by Crippen LogP contribution is -2.26. The Hall–Kier alpha value is -3.40. The van der Waals surface area contributed by atoms with Gasteiger partial charge in [-0.2, -0.15) is 13.2 Å². The molecule has 0 fully saturated rings. The van der Waals surface area contributed by atoms with Crippen LogP contribution in [-0.4, -0.2) is 17.7 Å². The van der Waals surface area contributed by atoms with E-state index in [1.165, 1.54) is 18.2 Å². The lowest BCUT2D eigenvalue weighted by atomic mass is 9.98. The number of nitro groups is 1. The van der Waals surface area contributed by atoms with E-state index in [2.05, 4.69) is 0 Å². The van der Waals surface area contributed by atoms with Gasteiger partial charge in [0.2, 0.25) is 0 Å². The normalized spacial score (nSPS) is 13.4. The van der Waals surface area contributed by atoms with Crippen LogP contribution in [0.2, 0.25) is 5.02 Å². The van der Waals surface area contributed by atoms with Crippen molar-refractivity contribution >= 4 is 41.2 Å². The van der Waals surface area contributed by atoms with E-state index < -0.39 is 47.9 Å². The van der Waals surface area contributed by atoms with Crippen LogP contribution < -0.4 is 15.3 Å². The Bertz CT molecular complexity index is 1390. The van der Waals surface area contributed by atoms with E-state index in [9.17, 15) is 32.6 Å². The van der Waals surface area contributed by atoms with Crippen molar-refractivity contribution in [2.45, 2.75) is 26.9 Å². The smallest absolute Gasteiger partial charge is 0.416 e. The largest absolute Gasteiger partial charge is 0.456 e. The van der Waals surface area contributed by atoms with E-state index in [-0.39, 0.29) is 27.1 Å². The van der Waals surface area contributed by atoms with Crippen LogP contribution in [0.4, 0.5) is 18.9 Å². The van der Waals surface area contributed by atoms with Gasteiger partial charge in [0.25, 0.3) is 13.1 Å². The first-order valence-electron chi connectivity index (χ1n) is 10.9. The summed E-state index contributed by atoms with van der Waals surface area (Å²) in [5, 5.41) is 11.2. The molecule has 0 amide bonds. The third kappa shape index (κ3) is 6.72. The second-order valence-electron chi connectivity index (χ2n) is 8.97. The van der Waals surface area contributed by atoms with E-state index in [0.29, 0.717) is 6.07 Å². The number of ether oxygens (including phenoxy) is 2. The predicted molar refractivity (Wildman–Crippen MR) is 134 cm³/mol. The SMILES string of the molecule is CC(C)(C)C(=O)OCOP(=O)(c1ccccc1)c1cc(Oc2ccc(C(F)(F)F)cc2Cl)ccc1[N+](=O)[O-]. The maximum atomic E-state index is 14.3. The summed E-state index contributed by atoms with van der Waals surface area (Å²) in [6, 6.07) is 13.3. The van der Waals surface area contributed by atoms with Crippen molar-refractivity contribution in [2.24, 2.45) is 5.41 Å². The number of carbonyl (C=O) groups excluding carboxylic acids is 1. The fourth-order valence-electron chi connectivity index (χ4n) is 3.12. The predicted octanol–water partition coefficient (Wildman–Crippen LogP) is 6.85. The van der Waals surface area contributed by atoms with Gasteiger partial charge in [-0.1, -0.05) is 29.8 Å². The van der Waals surface area contributed by atoms with Crippen LogP contribution in [0, 0.1) is 15.5 Å². The first-order chi connectivity index (χ1) is 17.6. The first-order valence-corrected chi connectivity index (χ1v) is 12.9. The van der Waals surface area contributed by atoms with Crippen molar-refractivity contribution in [2.75, 3.05) is 6.79 Å². The van der Waals surface area contributed by atoms with Crippen molar-refractivity contribution in [3.63, 3.8) is 0 Å². The zero-order valence-electron chi connectivity index (χ0n) is 20.3. The van der Waals surface area contributed by atoms with Gasteiger partial charge in [-0.25, -0.2) is 0 Å². The summed E-state index contributed by atoms with van der Waals surface area (Å²) >= 11 is 5.97. The minimum atomic E-state index is -4.63. The van der Waals surface area contributed by atoms with Crippen LogP contribution in [0.1, 0.15) is 26.3 Å². The number of nitrogens with zero attached hydrogens (tertiary/aromatic N) is 1. The molecule has 3 rings (SSSR count). The van der Waals surface area contributed by atoms with Gasteiger partial charge in [0.05, 0.1) is 20.9 Å². The highest BCUT2D eigenvalue weighted by molar-refractivity contribution is 7.74. The number of halogens is 4. The van der Waals surface area contributed by atoms with Crippen molar-refractivity contribution in [3.8, 4) is 11.5 Å². The first kappa shape index (κ1) is 29.2. The quantitative estimate of drug-likeness (QED) is 0.0957. The monoisotopic (exact) mass is 571 g/mol. The summed E-state index contributed by atoms with van der Waals surface area (Å²) in [5.74, 6) is -0.937. The molecule has 0 aromatic heterocycles. The molecule has 3 aromatic carbocycles. The maximum absolute atomic E-state index is 14.3. The molecule has 0 N–H and O–H groups in total. The average Bonchev–Trinajstić information content (AvgIpc) is 2.84. The summed E-state index contributed by atoms with van der Waals surface area (Å²) < 4.78 is 69.4. The third-order valence-electron chi connectivity index (χ3n) is 5.08. The summed E-state index contributed by atoms with van der Waals surface area (Å²) in [7, 11) is -4.28. The van der Waals surface area contributed by atoms with Gasteiger partial charge >= 0.3 is 12.1 Å². The van der Waals surface area contributed by atoms with E-state index in [0.717, 1.165) is 24.3 Å². The highest BCUT2D eigenvalue weighted by Crippen LogP contribution is 2.48. The summed E-state index contributed by atoms with van der Waals surface area (Å²) in [6.07, 6.45) is -4.63. The number of hydrogen-bond donors (Lipinski definition) is 0. The summed E-state index contributed by atoms with van der Waals surface area (Å²) in [6.45, 7) is 4.04. The van der Waals surface area contributed by atoms with Crippen molar-refractivity contribution in [1.82, 2.24) is 0 Å². The molecule has 0 spiro atoms. The Labute approximate surface area is 220 Å². The van der Waals surface area contributed by atoms with Crippen LogP contribution in [0.5, 0.6) is 11.5 Å². The van der Waals surface area contributed by atoms with Crippen LogP contribution in [0.3, 0.4) is 0 Å². The Morgan fingerprint density at radius 1 is 1.03 bits per heavy atom. The molecule has 0 aliphatic rings. The van der Waals surface area contributed by atoms with Gasteiger partial charge < -0.3 is 9.47 Å². The van der Waals surface area contributed by atoms with E-state index in [1.54, 1.807) is 39.0 Å². The Morgan fingerprint density at radius 2 is 1.68 bits per heavy atom. The number of alkyl halides is 3. The lowest BCUT2D eigenvalue weighted by molar-refractivity contribution is -0.383. The fraction of sp³-hybridized carbons (Fsp3) is 0.240. The minimum absolute atomic E-state index is 0.0691. The molecule has 13 heteroatoms. The molecule has 0 aliphatic carbocycles. The van der Waals surface area contributed by atoms with Crippen LogP contribution in [0.25, 0.3) is 0 Å². The molecule has 1 atom stereocenters. The summed E-state index contributed by atoms with van der Waals surface area (Å²) in [5.41, 5.74) is -2.46. The molecule has 202 valence electrons. The molecular formula is C25H22ClF3NO7P. The minimum Gasteiger partial charge on any atom is -0.456 e. The Balaban J connectivity index is 2.05. The van der Waals surface area contributed by atoms with Crippen LogP contribution in [0.15, 0.2) is 66.7 Å². The number of hydrogen-bond acceptors (Lipinski definition) is 7. The van der Waals surface area contributed by atoms with Gasteiger partial charge in [0.15, 0.2) is 6.79 Å². The molecule has 0 heterocycles. The zero-order valence-corrected chi connectivity index (χ0v) is 22.0.